The number of amides is 2. The van der Waals surface area contributed by atoms with Gasteiger partial charge in [-0.2, -0.15) is 5.10 Å². The number of morpholine rings is 1. The summed E-state index contributed by atoms with van der Waals surface area (Å²) in [6, 6.07) is 1.16. The maximum atomic E-state index is 12.4. The Bertz CT molecular complexity index is 779. The van der Waals surface area contributed by atoms with E-state index in [1.807, 2.05) is 14.0 Å². The lowest BCUT2D eigenvalue weighted by Crippen LogP contribution is -2.50. The van der Waals surface area contributed by atoms with Crippen LogP contribution in [-0.2, 0) is 16.6 Å². The highest BCUT2D eigenvalue weighted by atomic mass is 16.5. The molecule has 24 heavy (non-hydrogen) atoms. The molecule has 1 atom stereocenters. The van der Waals surface area contributed by atoms with Gasteiger partial charge < -0.3 is 15.0 Å². The van der Waals surface area contributed by atoms with E-state index in [-0.39, 0.29) is 11.8 Å². The van der Waals surface area contributed by atoms with Crippen LogP contribution in [0.15, 0.2) is 12.3 Å². The standard InChI is InChI=1S/C16H21N5O3/c1-10-13-8-12(9-17-14(13)20(3)19-10)15(22)18-11(2)16(23)21-4-6-24-7-5-21/h8-9,11H,4-7H2,1-3H3,(H,18,22). The van der Waals surface area contributed by atoms with Crippen LogP contribution in [0.2, 0.25) is 0 Å². The predicted octanol–water partition coefficient (Wildman–Crippen LogP) is 0.254. The molecule has 1 N–H and O–H groups in total. The molecule has 0 aliphatic carbocycles. The minimum Gasteiger partial charge on any atom is -0.378 e. The third kappa shape index (κ3) is 3.09. The van der Waals surface area contributed by atoms with Gasteiger partial charge in [-0.15, -0.1) is 0 Å². The van der Waals surface area contributed by atoms with Crippen molar-refractivity contribution in [2.45, 2.75) is 19.9 Å². The third-order valence-corrected chi connectivity index (χ3v) is 4.17. The summed E-state index contributed by atoms with van der Waals surface area (Å²) in [6.45, 7) is 5.75. The van der Waals surface area contributed by atoms with E-state index in [1.165, 1.54) is 6.20 Å². The Hall–Kier alpha value is -2.48. The van der Waals surface area contributed by atoms with Gasteiger partial charge in [-0.25, -0.2) is 4.98 Å². The summed E-state index contributed by atoms with van der Waals surface area (Å²) in [6.07, 6.45) is 1.50. The van der Waals surface area contributed by atoms with Crippen LogP contribution in [0.3, 0.4) is 0 Å². The highest BCUT2D eigenvalue weighted by Gasteiger charge is 2.24. The third-order valence-electron chi connectivity index (χ3n) is 4.17. The largest absolute Gasteiger partial charge is 0.378 e. The van der Waals surface area contributed by atoms with Crippen molar-refractivity contribution in [1.82, 2.24) is 25.0 Å². The zero-order valence-corrected chi connectivity index (χ0v) is 14.1. The van der Waals surface area contributed by atoms with Crippen LogP contribution >= 0.6 is 0 Å². The van der Waals surface area contributed by atoms with Gasteiger partial charge in [0.15, 0.2) is 5.65 Å². The maximum Gasteiger partial charge on any atom is 0.253 e. The Balaban J connectivity index is 1.72. The Morgan fingerprint density at radius 2 is 2.04 bits per heavy atom. The summed E-state index contributed by atoms with van der Waals surface area (Å²) in [7, 11) is 1.81. The first-order valence-corrected chi connectivity index (χ1v) is 7.94. The van der Waals surface area contributed by atoms with Gasteiger partial charge in [0.1, 0.15) is 6.04 Å². The zero-order valence-electron chi connectivity index (χ0n) is 14.1. The summed E-state index contributed by atoms with van der Waals surface area (Å²) in [5, 5.41) is 7.87. The second-order valence-electron chi connectivity index (χ2n) is 5.94. The first kappa shape index (κ1) is 16.4. The second-order valence-corrected chi connectivity index (χ2v) is 5.94. The molecule has 3 rings (SSSR count). The first-order chi connectivity index (χ1) is 11.5. The fourth-order valence-electron chi connectivity index (χ4n) is 2.83. The van der Waals surface area contributed by atoms with Gasteiger partial charge in [-0.3, -0.25) is 14.3 Å². The summed E-state index contributed by atoms with van der Waals surface area (Å²) in [4.78, 5) is 30.8. The Morgan fingerprint density at radius 1 is 1.33 bits per heavy atom. The van der Waals surface area contributed by atoms with Crippen molar-refractivity contribution in [2.75, 3.05) is 26.3 Å². The number of aryl methyl sites for hydroxylation is 2. The lowest BCUT2D eigenvalue weighted by atomic mass is 10.2. The van der Waals surface area contributed by atoms with E-state index in [4.69, 9.17) is 4.74 Å². The van der Waals surface area contributed by atoms with Crippen LogP contribution in [-0.4, -0.2) is 63.8 Å². The van der Waals surface area contributed by atoms with Crippen molar-refractivity contribution in [1.29, 1.82) is 0 Å². The van der Waals surface area contributed by atoms with Gasteiger partial charge in [0, 0.05) is 31.7 Å². The van der Waals surface area contributed by atoms with Crippen molar-refractivity contribution < 1.29 is 14.3 Å². The molecule has 0 bridgehead atoms. The molecule has 1 saturated heterocycles. The lowest BCUT2D eigenvalue weighted by molar-refractivity contribution is -0.136. The topological polar surface area (TPSA) is 89.3 Å². The van der Waals surface area contributed by atoms with Crippen LogP contribution < -0.4 is 5.32 Å². The fourth-order valence-corrected chi connectivity index (χ4v) is 2.83. The van der Waals surface area contributed by atoms with E-state index in [9.17, 15) is 9.59 Å². The van der Waals surface area contributed by atoms with E-state index in [1.54, 1.807) is 22.6 Å². The second kappa shape index (κ2) is 6.56. The quantitative estimate of drug-likeness (QED) is 0.871. The van der Waals surface area contributed by atoms with Crippen LogP contribution in [0, 0.1) is 6.92 Å². The van der Waals surface area contributed by atoms with E-state index >= 15 is 0 Å². The molecule has 3 heterocycles. The molecule has 0 spiro atoms. The monoisotopic (exact) mass is 331 g/mol. The highest BCUT2D eigenvalue weighted by molar-refractivity contribution is 5.99. The van der Waals surface area contributed by atoms with Gasteiger partial charge in [0.2, 0.25) is 5.91 Å². The average molecular weight is 331 g/mol. The Morgan fingerprint density at radius 3 is 2.75 bits per heavy atom. The van der Waals surface area contributed by atoms with Gasteiger partial charge in [-0.05, 0) is 19.9 Å². The van der Waals surface area contributed by atoms with Gasteiger partial charge in [0.25, 0.3) is 5.91 Å². The molecule has 1 aliphatic rings. The number of nitrogens with zero attached hydrogens (tertiary/aromatic N) is 4. The molecule has 8 heteroatoms. The average Bonchev–Trinajstić information content (AvgIpc) is 2.88. The van der Waals surface area contributed by atoms with Crippen molar-refractivity contribution in [3.05, 3.63) is 23.5 Å². The first-order valence-electron chi connectivity index (χ1n) is 7.94. The lowest BCUT2D eigenvalue weighted by Gasteiger charge is -2.29. The van der Waals surface area contributed by atoms with Gasteiger partial charge in [0.05, 0.1) is 24.5 Å². The molecular formula is C16H21N5O3. The highest BCUT2D eigenvalue weighted by Crippen LogP contribution is 2.16. The van der Waals surface area contributed by atoms with E-state index < -0.39 is 6.04 Å². The SMILES string of the molecule is Cc1nn(C)c2ncc(C(=O)NC(C)C(=O)N3CCOCC3)cc12. The number of nitrogens with one attached hydrogen (secondary N) is 1. The van der Waals surface area contributed by atoms with Crippen LogP contribution in [0.5, 0.6) is 0 Å². The molecule has 1 aliphatic heterocycles. The van der Waals surface area contributed by atoms with Crippen molar-refractivity contribution >= 4 is 22.8 Å². The van der Waals surface area contributed by atoms with Gasteiger partial charge in [-0.1, -0.05) is 0 Å². The van der Waals surface area contributed by atoms with Crippen LogP contribution in [0.25, 0.3) is 11.0 Å². The predicted molar refractivity (Wildman–Crippen MR) is 87.6 cm³/mol. The smallest absolute Gasteiger partial charge is 0.253 e. The number of fused-ring (bicyclic) bond motifs is 1. The number of rotatable bonds is 3. The molecule has 2 aromatic rings. The number of carbonyl (C=O) groups excluding carboxylic acids is 2. The number of ether oxygens (including phenoxy) is 1. The minimum atomic E-state index is -0.596. The maximum absolute atomic E-state index is 12.4. The fraction of sp³-hybridized carbons (Fsp3) is 0.500. The van der Waals surface area contributed by atoms with Crippen LogP contribution in [0.1, 0.15) is 23.0 Å². The Kier molecular flexibility index (Phi) is 4.48. The summed E-state index contributed by atoms with van der Waals surface area (Å²) in [5.41, 5.74) is 1.95. The molecule has 0 radical (unpaired) electrons. The number of aromatic nitrogens is 3. The molecule has 1 unspecified atom stereocenters. The molecule has 1 fully saturated rings. The summed E-state index contributed by atoms with van der Waals surface area (Å²) < 4.78 is 6.91. The van der Waals surface area contributed by atoms with Crippen LogP contribution in [0.4, 0.5) is 0 Å². The molecule has 2 aromatic heterocycles. The summed E-state index contributed by atoms with van der Waals surface area (Å²) >= 11 is 0. The molecule has 2 amide bonds. The molecular weight excluding hydrogens is 310 g/mol. The Labute approximate surface area is 139 Å². The van der Waals surface area contributed by atoms with E-state index in [2.05, 4.69) is 15.4 Å². The number of carbonyl (C=O) groups is 2. The summed E-state index contributed by atoms with van der Waals surface area (Å²) in [5.74, 6) is -0.417. The normalized spacial score (nSPS) is 16.2. The molecule has 128 valence electrons. The van der Waals surface area contributed by atoms with E-state index in [0.717, 1.165) is 16.7 Å². The number of pyridine rings is 1. The number of hydrogen-bond acceptors (Lipinski definition) is 5. The minimum absolute atomic E-state index is 0.0988. The molecule has 8 nitrogen and oxygen atoms in total. The molecule has 0 saturated carbocycles. The number of hydrogen-bond donors (Lipinski definition) is 1. The van der Waals surface area contributed by atoms with Gasteiger partial charge >= 0.3 is 0 Å². The van der Waals surface area contributed by atoms with Crippen molar-refractivity contribution in [3.63, 3.8) is 0 Å². The van der Waals surface area contributed by atoms with E-state index in [0.29, 0.717) is 31.9 Å². The van der Waals surface area contributed by atoms with Crippen molar-refractivity contribution in [3.8, 4) is 0 Å². The van der Waals surface area contributed by atoms with Crippen molar-refractivity contribution in [2.24, 2.45) is 7.05 Å². The molecule has 0 aromatic carbocycles. The zero-order chi connectivity index (χ0) is 17.3.